The second-order valence-electron chi connectivity index (χ2n) is 9.64. The Morgan fingerprint density at radius 1 is 1.22 bits per heavy atom. The van der Waals surface area contributed by atoms with Gasteiger partial charge in [-0.3, -0.25) is 9.59 Å². The Kier molecular flexibility index (Phi) is 7.77. The van der Waals surface area contributed by atoms with Crippen LogP contribution >= 0.6 is 0 Å². The number of likely N-dealkylation sites (tertiary alicyclic amines) is 1. The molecular weight excluding hydrogens is 410 g/mol. The van der Waals surface area contributed by atoms with Gasteiger partial charge in [0.1, 0.15) is 18.2 Å². The minimum atomic E-state index is -0.658. The average Bonchev–Trinajstić information content (AvgIpc) is 2.74. The number of hydrogen-bond acceptors (Lipinski definition) is 5. The van der Waals surface area contributed by atoms with Crippen LogP contribution in [0.25, 0.3) is 0 Å². The van der Waals surface area contributed by atoms with E-state index in [2.05, 4.69) is 5.32 Å². The molecule has 2 aliphatic rings. The zero-order valence-electron chi connectivity index (χ0n) is 19.5. The van der Waals surface area contributed by atoms with E-state index in [1.807, 2.05) is 62.9 Å². The summed E-state index contributed by atoms with van der Waals surface area (Å²) in [5, 5.41) is 2.82. The lowest BCUT2D eigenvalue weighted by Gasteiger charge is -2.42. The Balaban J connectivity index is 1.64. The summed E-state index contributed by atoms with van der Waals surface area (Å²) in [7, 11) is 0. The van der Waals surface area contributed by atoms with E-state index in [-0.39, 0.29) is 30.4 Å². The smallest absolute Gasteiger partial charge is 0.407 e. The van der Waals surface area contributed by atoms with Gasteiger partial charge in [-0.15, -0.1) is 0 Å². The maximum Gasteiger partial charge on any atom is 0.407 e. The van der Waals surface area contributed by atoms with E-state index in [0.717, 1.165) is 18.4 Å². The van der Waals surface area contributed by atoms with Crippen molar-refractivity contribution in [2.75, 3.05) is 26.2 Å². The van der Waals surface area contributed by atoms with Gasteiger partial charge in [0.05, 0.1) is 6.10 Å². The third-order valence-electron chi connectivity index (χ3n) is 5.78. The number of amides is 3. The quantitative estimate of drug-likeness (QED) is 0.753. The fourth-order valence-electron chi connectivity index (χ4n) is 4.25. The second-order valence-corrected chi connectivity index (χ2v) is 9.64. The molecule has 0 spiro atoms. The lowest BCUT2D eigenvalue weighted by Crippen LogP contribution is -2.61. The van der Waals surface area contributed by atoms with Crippen molar-refractivity contribution in [3.8, 4) is 0 Å². The molecule has 8 heteroatoms. The van der Waals surface area contributed by atoms with Crippen molar-refractivity contribution >= 4 is 17.9 Å². The van der Waals surface area contributed by atoms with Crippen LogP contribution < -0.4 is 5.32 Å². The van der Waals surface area contributed by atoms with E-state index in [9.17, 15) is 14.4 Å². The van der Waals surface area contributed by atoms with Gasteiger partial charge in [0.25, 0.3) is 0 Å². The van der Waals surface area contributed by atoms with Crippen molar-refractivity contribution in [1.82, 2.24) is 15.1 Å². The first kappa shape index (κ1) is 24.0. The van der Waals surface area contributed by atoms with Crippen LogP contribution in [0, 0.1) is 5.92 Å². The van der Waals surface area contributed by atoms with Gasteiger partial charge in [0, 0.05) is 26.2 Å². The van der Waals surface area contributed by atoms with Gasteiger partial charge in [-0.25, -0.2) is 4.79 Å². The van der Waals surface area contributed by atoms with Gasteiger partial charge < -0.3 is 24.6 Å². The molecular formula is C24H35N3O5. The number of benzene rings is 1. The van der Waals surface area contributed by atoms with E-state index >= 15 is 0 Å². The topological polar surface area (TPSA) is 88.2 Å². The molecule has 0 radical (unpaired) electrons. The van der Waals surface area contributed by atoms with Gasteiger partial charge in [-0.05, 0) is 52.0 Å². The summed E-state index contributed by atoms with van der Waals surface area (Å²) >= 11 is 0. The van der Waals surface area contributed by atoms with Gasteiger partial charge in [0.2, 0.25) is 11.8 Å². The molecule has 8 nitrogen and oxygen atoms in total. The van der Waals surface area contributed by atoms with Gasteiger partial charge in [-0.2, -0.15) is 0 Å². The Hall–Kier alpha value is -2.61. The molecule has 1 aromatic rings. The van der Waals surface area contributed by atoms with Crippen molar-refractivity contribution < 1.29 is 23.9 Å². The number of nitrogens with one attached hydrogen (secondary N) is 1. The maximum absolute atomic E-state index is 13.5. The minimum Gasteiger partial charge on any atom is -0.444 e. The molecule has 0 aliphatic carbocycles. The highest BCUT2D eigenvalue weighted by Gasteiger charge is 2.42. The summed E-state index contributed by atoms with van der Waals surface area (Å²) in [6.45, 7) is 9.29. The largest absolute Gasteiger partial charge is 0.444 e. The molecule has 2 aliphatic heterocycles. The SMILES string of the molecule is CC1OCC(=O)N(Cc2ccccc2)[C@@H]1C(=O)N1CCC[C@H](CNC(=O)OC(C)(C)C)C1. The molecule has 0 aromatic heterocycles. The van der Waals surface area contributed by atoms with Crippen molar-refractivity contribution in [1.29, 1.82) is 0 Å². The molecule has 2 fully saturated rings. The zero-order chi connectivity index (χ0) is 23.3. The van der Waals surface area contributed by atoms with Gasteiger partial charge in [0.15, 0.2) is 0 Å². The van der Waals surface area contributed by atoms with Crippen LogP contribution in [0.2, 0.25) is 0 Å². The number of morpholine rings is 1. The molecule has 3 atom stereocenters. The highest BCUT2D eigenvalue weighted by Crippen LogP contribution is 2.24. The Morgan fingerprint density at radius 3 is 2.62 bits per heavy atom. The number of nitrogens with zero attached hydrogens (tertiary/aromatic N) is 2. The third-order valence-corrected chi connectivity index (χ3v) is 5.78. The fraction of sp³-hybridized carbons (Fsp3) is 0.625. The van der Waals surface area contributed by atoms with E-state index in [1.165, 1.54) is 0 Å². The number of carbonyl (C=O) groups is 3. The monoisotopic (exact) mass is 445 g/mol. The van der Waals surface area contributed by atoms with Crippen LogP contribution in [0.1, 0.15) is 46.1 Å². The van der Waals surface area contributed by atoms with Crippen molar-refractivity contribution in [2.24, 2.45) is 5.92 Å². The fourth-order valence-corrected chi connectivity index (χ4v) is 4.25. The molecule has 3 amide bonds. The second kappa shape index (κ2) is 10.3. The first-order valence-corrected chi connectivity index (χ1v) is 11.3. The van der Waals surface area contributed by atoms with Crippen molar-refractivity contribution in [3.63, 3.8) is 0 Å². The van der Waals surface area contributed by atoms with Crippen LogP contribution in [0.15, 0.2) is 30.3 Å². The number of piperidine rings is 1. The van der Waals surface area contributed by atoms with E-state index < -0.39 is 17.7 Å². The van der Waals surface area contributed by atoms with Crippen molar-refractivity contribution in [3.05, 3.63) is 35.9 Å². The highest BCUT2D eigenvalue weighted by molar-refractivity contribution is 5.89. The summed E-state index contributed by atoms with van der Waals surface area (Å²) in [4.78, 5) is 41.6. The minimum absolute atomic E-state index is 0.0137. The maximum atomic E-state index is 13.5. The molecule has 32 heavy (non-hydrogen) atoms. The molecule has 1 aromatic carbocycles. The number of rotatable bonds is 5. The van der Waals surface area contributed by atoms with Gasteiger partial charge >= 0.3 is 6.09 Å². The van der Waals surface area contributed by atoms with Crippen LogP contribution in [0.3, 0.4) is 0 Å². The lowest BCUT2D eigenvalue weighted by molar-refractivity contribution is -0.168. The summed E-state index contributed by atoms with van der Waals surface area (Å²) < 4.78 is 10.9. The predicted octanol–water partition coefficient (Wildman–Crippen LogP) is 2.57. The predicted molar refractivity (Wildman–Crippen MR) is 120 cm³/mol. The zero-order valence-corrected chi connectivity index (χ0v) is 19.5. The highest BCUT2D eigenvalue weighted by atomic mass is 16.6. The standard InChI is InChI=1S/C24H35N3O5/c1-17-21(27(20(28)16-31-17)15-18-9-6-5-7-10-18)22(29)26-12-8-11-19(14-26)13-25-23(30)32-24(2,3)4/h5-7,9-10,17,19,21H,8,11-16H2,1-4H3,(H,25,30)/t17?,19-,21+/m1/s1. The average molecular weight is 446 g/mol. The molecule has 3 rings (SSSR count). The van der Waals surface area contributed by atoms with E-state index in [4.69, 9.17) is 9.47 Å². The number of alkyl carbamates (subject to hydrolysis) is 1. The molecule has 2 heterocycles. The van der Waals surface area contributed by atoms with E-state index in [1.54, 1.807) is 4.90 Å². The first-order chi connectivity index (χ1) is 15.1. The summed E-state index contributed by atoms with van der Waals surface area (Å²) in [5.41, 5.74) is 0.427. The summed E-state index contributed by atoms with van der Waals surface area (Å²) in [6.07, 6.45) is 0.934. The molecule has 1 unspecified atom stereocenters. The molecule has 2 saturated heterocycles. The number of carbonyl (C=O) groups excluding carboxylic acids is 3. The van der Waals surface area contributed by atoms with Crippen molar-refractivity contribution in [2.45, 2.75) is 64.8 Å². The third kappa shape index (κ3) is 6.45. The van der Waals surface area contributed by atoms with Crippen LogP contribution in [-0.2, 0) is 25.6 Å². The number of hydrogen-bond donors (Lipinski definition) is 1. The summed E-state index contributed by atoms with van der Waals surface area (Å²) in [5.74, 6) is -0.132. The normalized spacial score (nSPS) is 24.2. The first-order valence-electron chi connectivity index (χ1n) is 11.3. The molecule has 176 valence electrons. The van der Waals surface area contributed by atoms with Crippen LogP contribution in [0.4, 0.5) is 4.79 Å². The van der Waals surface area contributed by atoms with Gasteiger partial charge in [-0.1, -0.05) is 30.3 Å². The molecule has 1 N–H and O–H groups in total. The summed E-state index contributed by atoms with van der Waals surface area (Å²) in [6, 6.07) is 9.02. The Bertz CT molecular complexity index is 808. The Morgan fingerprint density at radius 2 is 1.94 bits per heavy atom. The van der Waals surface area contributed by atoms with Crippen LogP contribution in [-0.4, -0.2) is 71.7 Å². The van der Waals surface area contributed by atoms with Crippen LogP contribution in [0.5, 0.6) is 0 Å². The number of ether oxygens (including phenoxy) is 2. The molecule has 0 saturated carbocycles. The lowest BCUT2D eigenvalue weighted by atomic mass is 9.96. The molecule has 0 bridgehead atoms. The Labute approximate surface area is 190 Å². The van der Waals surface area contributed by atoms with E-state index in [0.29, 0.717) is 26.2 Å².